The lowest BCUT2D eigenvalue weighted by atomic mass is 10.1. The number of benzene rings is 2. The van der Waals surface area contributed by atoms with Gasteiger partial charge in [0.25, 0.3) is 0 Å². The fraction of sp³-hybridized carbons (Fsp3) is 0.190. The van der Waals surface area contributed by atoms with Gasteiger partial charge in [-0.1, -0.05) is 35.5 Å². The highest BCUT2D eigenvalue weighted by atomic mass is 19.1. The molecule has 0 bridgehead atoms. The van der Waals surface area contributed by atoms with Crippen LogP contribution in [0.3, 0.4) is 0 Å². The summed E-state index contributed by atoms with van der Waals surface area (Å²) in [4.78, 5) is 40.3. The average molecular weight is 422 g/mol. The number of hydrogen-bond acceptors (Lipinski definition) is 7. The van der Waals surface area contributed by atoms with Gasteiger partial charge in [-0.25, -0.2) is 9.18 Å². The van der Waals surface area contributed by atoms with E-state index < -0.39 is 29.4 Å². The zero-order valence-corrected chi connectivity index (χ0v) is 16.0. The first kappa shape index (κ1) is 18.9. The first-order valence-electron chi connectivity index (χ1n) is 9.55. The summed E-state index contributed by atoms with van der Waals surface area (Å²) < 4.78 is 26.2. The Hall–Kier alpha value is -4.08. The van der Waals surface area contributed by atoms with E-state index in [1.165, 1.54) is 6.07 Å². The number of amides is 2. The third-order valence-corrected chi connectivity index (χ3v) is 5.15. The van der Waals surface area contributed by atoms with Gasteiger partial charge < -0.3 is 8.94 Å². The maximum Gasteiger partial charge on any atom is 0.420 e. The summed E-state index contributed by atoms with van der Waals surface area (Å²) in [6.07, 6.45) is 0.222. The Morgan fingerprint density at radius 3 is 2.74 bits per heavy atom. The highest BCUT2D eigenvalue weighted by molar-refractivity contribution is 6.00. The van der Waals surface area contributed by atoms with Gasteiger partial charge in [-0.3, -0.25) is 19.5 Å². The molecule has 1 N–H and O–H groups in total. The Kier molecular flexibility index (Phi) is 4.46. The second-order valence-corrected chi connectivity index (χ2v) is 7.17. The van der Waals surface area contributed by atoms with E-state index in [-0.39, 0.29) is 41.8 Å². The number of fused-ring (bicyclic) bond motifs is 1. The van der Waals surface area contributed by atoms with E-state index in [4.69, 9.17) is 8.94 Å². The van der Waals surface area contributed by atoms with E-state index in [2.05, 4.69) is 15.5 Å². The third kappa shape index (κ3) is 3.41. The van der Waals surface area contributed by atoms with Crippen molar-refractivity contribution >= 4 is 22.9 Å². The van der Waals surface area contributed by atoms with Crippen molar-refractivity contribution in [3.05, 3.63) is 70.3 Å². The summed E-state index contributed by atoms with van der Waals surface area (Å²) in [7, 11) is 0. The van der Waals surface area contributed by atoms with Crippen LogP contribution in [0.25, 0.3) is 22.5 Å². The molecule has 0 aliphatic carbocycles. The zero-order valence-electron chi connectivity index (χ0n) is 16.0. The van der Waals surface area contributed by atoms with Crippen molar-refractivity contribution in [3.63, 3.8) is 0 Å². The van der Waals surface area contributed by atoms with Crippen LogP contribution in [0.15, 0.2) is 56.2 Å². The van der Waals surface area contributed by atoms with Crippen LogP contribution in [-0.4, -0.2) is 26.5 Å². The van der Waals surface area contributed by atoms with Crippen LogP contribution in [0.4, 0.5) is 4.39 Å². The number of aromatic nitrogens is 3. The molecule has 2 aromatic heterocycles. The normalized spacial score (nSPS) is 16.6. The number of imide groups is 1. The van der Waals surface area contributed by atoms with Crippen molar-refractivity contribution in [1.29, 1.82) is 0 Å². The Morgan fingerprint density at radius 2 is 1.97 bits per heavy atom. The molecule has 1 aliphatic rings. The highest BCUT2D eigenvalue weighted by Gasteiger charge is 2.31. The van der Waals surface area contributed by atoms with Gasteiger partial charge in [-0.15, -0.1) is 0 Å². The number of halogens is 1. The molecule has 3 heterocycles. The monoisotopic (exact) mass is 422 g/mol. The minimum absolute atomic E-state index is 0.00598. The SMILES string of the molecule is O=C1CCC(n2c(=O)oc3cc(F)c(Cc4nc(-c5ccccc5)no4)cc32)C(=O)N1. The lowest BCUT2D eigenvalue weighted by molar-refractivity contribution is -0.135. The van der Waals surface area contributed by atoms with Crippen molar-refractivity contribution in [2.45, 2.75) is 25.3 Å². The van der Waals surface area contributed by atoms with E-state index in [9.17, 15) is 18.8 Å². The molecular weight excluding hydrogens is 407 g/mol. The largest absolute Gasteiger partial charge is 0.420 e. The molecule has 0 saturated carbocycles. The minimum atomic E-state index is -0.919. The number of carbonyl (C=O) groups excluding carboxylic acids is 2. The molecule has 1 saturated heterocycles. The summed E-state index contributed by atoms with van der Waals surface area (Å²) in [6, 6.07) is 10.8. The molecule has 31 heavy (non-hydrogen) atoms. The first-order valence-corrected chi connectivity index (χ1v) is 9.55. The van der Waals surface area contributed by atoms with Crippen molar-refractivity contribution in [2.75, 3.05) is 0 Å². The molecule has 156 valence electrons. The number of nitrogens with one attached hydrogen (secondary N) is 1. The third-order valence-electron chi connectivity index (χ3n) is 5.15. The summed E-state index contributed by atoms with van der Waals surface area (Å²) in [6.45, 7) is 0. The van der Waals surface area contributed by atoms with Gasteiger partial charge in [0.2, 0.25) is 23.5 Å². The van der Waals surface area contributed by atoms with E-state index in [1.807, 2.05) is 30.3 Å². The van der Waals surface area contributed by atoms with Gasteiger partial charge in [0.1, 0.15) is 11.9 Å². The summed E-state index contributed by atoms with van der Waals surface area (Å²) in [5, 5.41) is 6.13. The Balaban J connectivity index is 1.51. The van der Waals surface area contributed by atoms with E-state index in [0.29, 0.717) is 5.82 Å². The van der Waals surface area contributed by atoms with Crippen molar-refractivity contribution in [3.8, 4) is 11.4 Å². The van der Waals surface area contributed by atoms with Gasteiger partial charge in [-0.05, 0) is 18.1 Å². The van der Waals surface area contributed by atoms with Crippen LogP contribution in [0, 0.1) is 5.82 Å². The molecule has 5 rings (SSSR count). The fourth-order valence-corrected chi connectivity index (χ4v) is 3.65. The average Bonchev–Trinajstić information content (AvgIpc) is 3.33. The van der Waals surface area contributed by atoms with Crippen molar-refractivity contribution < 1.29 is 22.9 Å². The van der Waals surface area contributed by atoms with Gasteiger partial charge in [0.05, 0.1) is 11.9 Å². The van der Waals surface area contributed by atoms with Gasteiger partial charge in [0.15, 0.2) is 5.58 Å². The number of rotatable bonds is 4. The maximum absolute atomic E-state index is 14.7. The summed E-state index contributed by atoms with van der Waals surface area (Å²) in [5.41, 5.74) is 1.21. The van der Waals surface area contributed by atoms with Crippen LogP contribution in [-0.2, 0) is 16.0 Å². The van der Waals surface area contributed by atoms with Crippen LogP contribution in [0.2, 0.25) is 0 Å². The minimum Gasteiger partial charge on any atom is -0.408 e. The Labute approximate surface area is 173 Å². The number of piperidine rings is 1. The van der Waals surface area contributed by atoms with E-state index in [0.717, 1.165) is 16.2 Å². The van der Waals surface area contributed by atoms with Crippen LogP contribution in [0.5, 0.6) is 0 Å². The molecule has 1 atom stereocenters. The molecule has 4 aromatic rings. The first-order chi connectivity index (χ1) is 15.0. The molecule has 9 nitrogen and oxygen atoms in total. The van der Waals surface area contributed by atoms with Gasteiger partial charge in [-0.2, -0.15) is 4.98 Å². The van der Waals surface area contributed by atoms with Gasteiger partial charge >= 0.3 is 5.76 Å². The predicted molar refractivity (Wildman–Crippen MR) is 104 cm³/mol. The predicted octanol–water partition coefficient (Wildman–Crippen LogP) is 2.35. The molecule has 0 radical (unpaired) electrons. The number of carbonyl (C=O) groups is 2. The quantitative estimate of drug-likeness (QED) is 0.501. The molecule has 1 unspecified atom stereocenters. The van der Waals surface area contributed by atoms with Crippen molar-refractivity contribution in [2.24, 2.45) is 0 Å². The smallest absolute Gasteiger partial charge is 0.408 e. The topological polar surface area (TPSA) is 120 Å². The fourth-order valence-electron chi connectivity index (χ4n) is 3.65. The standard InChI is InChI=1S/C21H15FN4O5/c22-13-10-16-15(26(21(29)30-16)14-6-7-17(27)23-20(14)28)8-12(13)9-18-24-19(25-31-18)11-4-2-1-3-5-11/h1-5,8,10,14H,6-7,9H2,(H,23,27,28). The Morgan fingerprint density at radius 1 is 1.16 bits per heavy atom. The second-order valence-electron chi connectivity index (χ2n) is 7.17. The molecule has 0 spiro atoms. The molecular formula is C21H15FN4O5. The molecule has 1 aliphatic heterocycles. The Bertz CT molecular complexity index is 1370. The highest BCUT2D eigenvalue weighted by Crippen LogP contribution is 2.26. The van der Waals surface area contributed by atoms with Crippen molar-refractivity contribution in [1.82, 2.24) is 20.0 Å². The molecule has 2 aromatic carbocycles. The van der Waals surface area contributed by atoms with Gasteiger partial charge in [0, 0.05) is 18.1 Å². The number of oxazole rings is 1. The lowest BCUT2D eigenvalue weighted by Crippen LogP contribution is -2.43. The lowest BCUT2D eigenvalue weighted by Gasteiger charge is -2.21. The summed E-state index contributed by atoms with van der Waals surface area (Å²) >= 11 is 0. The van der Waals surface area contributed by atoms with Crippen LogP contribution >= 0.6 is 0 Å². The van der Waals surface area contributed by atoms with Crippen LogP contribution < -0.4 is 11.1 Å². The maximum atomic E-state index is 14.7. The van der Waals surface area contributed by atoms with E-state index >= 15 is 0 Å². The number of nitrogens with zero attached hydrogens (tertiary/aromatic N) is 3. The molecule has 1 fully saturated rings. The zero-order chi connectivity index (χ0) is 21.5. The molecule has 10 heteroatoms. The van der Waals surface area contributed by atoms with E-state index in [1.54, 1.807) is 0 Å². The summed E-state index contributed by atoms with van der Waals surface area (Å²) in [5.74, 6) is -1.85. The molecule has 2 amide bonds. The number of hydrogen-bond donors (Lipinski definition) is 1. The second kappa shape index (κ2) is 7.31. The van der Waals surface area contributed by atoms with Crippen LogP contribution in [0.1, 0.15) is 30.3 Å².